The molecule has 8 nitrogen and oxygen atoms in total. The molecular weight excluding hydrogens is 332 g/mol. The molecule has 0 spiro atoms. The summed E-state index contributed by atoms with van der Waals surface area (Å²) < 4.78 is 6.86. The quantitative estimate of drug-likeness (QED) is 0.515. The van der Waals surface area contributed by atoms with Crippen LogP contribution in [0.5, 0.6) is 0 Å². The van der Waals surface area contributed by atoms with E-state index in [4.69, 9.17) is 4.74 Å². The van der Waals surface area contributed by atoms with E-state index >= 15 is 0 Å². The van der Waals surface area contributed by atoms with E-state index in [2.05, 4.69) is 20.3 Å². The van der Waals surface area contributed by atoms with E-state index in [1.54, 1.807) is 47.5 Å². The van der Waals surface area contributed by atoms with Crippen LogP contribution in [0.3, 0.4) is 0 Å². The normalized spacial score (nSPS) is 10.6. The molecule has 0 unspecified atom stereocenters. The highest BCUT2D eigenvalue weighted by Gasteiger charge is 2.12. The Morgan fingerprint density at radius 2 is 1.88 bits per heavy atom. The first-order valence-corrected chi connectivity index (χ1v) is 7.90. The number of benzene rings is 1. The first-order chi connectivity index (χ1) is 12.8. The second-order valence-corrected chi connectivity index (χ2v) is 5.37. The Bertz CT molecular complexity index is 1010. The molecule has 0 N–H and O–H groups in total. The van der Waals surface area contributed by atoms with E-state index in [1.807, 2.05) is 30.3 Å². The summed E-state index contributed by atoms with van der Waals surface area (Å²) in [5.41, 5.74) is 1.58. The second-order valence-electron chi connectivity index (χ2n) is 5.37. The van der Waals surface area contributed by atoms with Gasteiger partial charge in [0, 0.05) is 12.4 Å². The third kappa shape index (κ3) is 3.34. The van der Waals surface area contributed by atoms with Crippen molar-refractivity contribution in [3.8, 4) is 11.5 Å². The van der Waals surface area contributed by atoms with Crippen LogP contribution in [0.1, 0.15) is 16.2 Å². The average molecular weight is 346 g/mol. The Balaban J connectivity index is 1.43. The van der Waals surface area contributed by atoms with Crippen molar-refractivity contribution in [3.63, 3.8) is 0 Å². The molecule has 3 heterocycles. The van der Waals surface area contributed by atoms with Crippen LogP contribution < -0.4 is 0 Å². The lowest BCUT2D eigenvalue weighted by Crippen LogP contribution is -2.10. The number of pyridine rings is 1. The van der Waals surface area contributed by atoms with Gasteiger partial charge in [0.2, 0.25) is 0 Å². The van der Waals surface area contributed by atoms with E-state index in [9.17, 15) is 4.79 Å². The Kier molecular flexibility index (Phi) is 4.21. The monoisotopic (exact) mass is 346 g/mol. The van der Waals surface area contributed by atoms with Crippen molar-refractivity contribution in [1.82, 2.24) is 29.8 Å². The maximum absolute atomic E-state index is 12.2. The Morgan fingerprint density at radius 3 is 2.69 bits per heavy atom. The molecule has 0 amide bonds. The van der Waals surface area contributed by atoms with Gasteiger partial charge in [0.05, 0.1) is 11.9 Å². The number of carbonyl (C=O) groups excluding carboxylic acids is 1. The van der Waals surface area contributed by atoms with Gasteiger partial charge in [-0.3, -0.25) is 0 Å². The second kappa shape index (κ2) is 6.98. The van der Waals surface area contributed by atoms with Crippen molar-refractivity contribution >= 4 is 5.97 Å². The van der Waals surface area contributed by atoms with Crippen molar-refractivity contribution < 1.29 is 9.53 Å². The fourth-order valence-corrected chi connectivity index (χ4v) is 2.33. The lowest BCUT2D eigenvalue weighted by Gasteiger charge is -2.04. The van der Waals surface area contributed by atoms with Crippen LogP contribution in [0.25, 0.3) is 11.5 Å². The molecule has 8 heteroatoms. The number of hydrogen-bond donors (Lipinski definition) is 0. The SMILES string of the molecule is O=C(OCc1cnn(-c2ccccc2)n1)c1cccc(-n2cccn2)n1. The summed E-state index contributed by atoms with van der Waals surface area (Å²) in [6, 6.07) is 16.4. The zero-order valence-corrected chi connectivity index (χ0v) is 13.6. The molecule has 4 rings (SSSR count). The molecule has 0 saturated carbocycles. The lowest BCUT2D eigenvalue weighted by atomic mass is 10.3. The molecule has 0 aliphatic heterocycles. The van der Waals surface area contributed by atoms with Crippen molar-refractivity contribution in [1.29, 1.82) is 0 Å². The molecule has 0 bridgehead atoms. The summed E-state index contributed by atoms with van der Waals surface area (Å²) in [7, 11) is 0. The minimum atomic E-state index is -0.534. The topological polar surface area (TPSA) is 87.7 Å². The number of rotatable bonds is 5. The minimum Gasteiger partial charge on any atom is -0.454 e. The molecule has 26 heavy (non-hydrogen) atoms. The smallest absolute Gasteiger partial charge is 0.357 e. The van der Waals surface area contributed by atoms with Gasteiger partial charge in [0.15, 0.2) is 11.5 Å². The summed E-state index contributed by atoms with van der Waals surface area (Å²) in [5, 5.41) is 12.6. The van der Waals surface area contributed by atoms with Crippen molar-refractivity contribution in [2.75, 3.05) is 0 Å². The zero-order valence-electron chi connectivity index (χ0n) is 13.6. The first kappa shape index (κ1) is 15.7. The van der Waals surface area contributed by atoms with E-state index < -0.39 is 5.97 Å². The van der Waals surface area contributed by atoms with Crippen molar-refractivity contribution in [3.05, 3.63) is 84.6 Å². The molecule has 3 aromatic heterocycles. The number of para-hydroxylation sites is 1. The highest BCUT2D eigenvalue weighted by molar-refractivity contribution is 5.87. The Hall–Kier alpha value is -3.81. The van der Waals surface area contributed by atoms with Crippen molar-refractivity contribution in [2.45, 2.75) is 6.61 Å². The lowest BCUT2D eigenvalue weighted by molar-refractivity contribution is 0.0460. The van der Waals surface area contributed by atoms with Crippen LogP contribution in [0, 0.1) is 0 Å². The van der Waals surface area contributed by atoms with E-state index in [1.165, 1.54) is 4.80 Å². The summed E-state index contributed by atoms with van der Waals surface area (Å²) >= 11 is 0. The summed E-state index contributed by atoms with van der Waals surface area (Å²) in [6.45, 7) is 0.0132. The predicted molar refractivity (Wildman–Crippen MR) is 91.8 cm³/mol. The van der Waals surface area contributed by atoms with Gasteiger partial charge in [-0.2, -0.15) is 15.0 Å². The number of carbonyl (C=O) groups is 1. The third-order valence-electron chi connectivity index (χ3n) is 3.56. The molecule has 0 radical (unpaired) electrons. The highest BCUT2D eigenvalue weighted by Crippen LogP contribution is 2.08. The minimum absolute atomic E-state index is 0.0132. The Labute approximate surface area is 148 Å². The van der Waals surface area contributed by atoms with Gasteiger partial charge in [-0.1, -0.05) is 24.3 Å². The average Bonchev–Trinajstić information content (AvgIpc) is 3.39. The maximum Gasteiger partial charge on any atom is 0.357 e. The Morgan fingerprint density at radius 1 is 1.00 bits per heavy atom. The van der Waals surface area contributed by atoms with Gasteiger partial charge in [-0.05, 0) is 30.3 Å². The molecule has 0 saturated heterocycles. The molecule has 1 aromatic carbocycles. The fraction of sp³-hybridized carbons (Fsp3) is 0.0556. The number of aromatic nitrogens is 6. The number of nitrogens with zero attached hydrogens (tertiary/aromatic N) is 6. The van der Waals surface area contributed by atoms with E-state index in [0.29, 0.717) is 11.5 Å². The summed E-state index contributed by atoms with van der Waals surface area (Å²) in [4.78, 5) is 18.0. The molecule has 0 aliphatic rings. The molecule has 4 aromatic rings. The van der Waals surface area contributed by atoms with Gasteiger partial charge < -0.3 is 4.74 Å². The predicted octanol–water partition coefficient (Wildman–Crippen LogP) is 2.21. The molecule has 128 valence electrons. The molecule has 0 aliphatic carbocycles. The summed E-state index contributed by atoms with van der Waals surface area (Å²) in [6.07, 6.45) is 4.95. The molecular formula is C18H14N6O2. The van der Waals surface area contributed by atoms with Gasteiger partial charge >= 0.3 is 5.97 Å². The van der Waals surface area contributed by atoms with Crippen LogP contribution >= 0.6 is 0 Å². The number of hydrogen-bond acceptors (Lipinski definition) is 6. The standard InChI is InChI=1S/C18H14N6O2/c25-18(16-8-4-9-17(21-16)23-11-5-10-19-23)26-13-14-12-20-24(22-14)15-6-2-1-3-7-15/h1-12H,13H2. The van der Waals surface area contributed by atoms with E-state index in [-0.39, 0.29) is 12.3 Å². The number of ether oxygens (including phenoxy) is 1. The van der Waals surface area contributed by atoms with Gasteiger partial charge in [0.1, 0.15) is 12.3 Å². The maximum atomic E-state index is 12.2. The van der Waals surface area contributed by atoms with Gasteiger partial charge in [0.25, 0.3) is 0 Å². The fourth-order valence-electron chi connectivity index (χ4n) is 2.33. The largest absolute Gasteiger partial charge is 0.454 e. The van der Waals surface area contributed by atoms with Crippen LogP contribution in [-0.2, 0) is 11.3 Å². The summed E-state index contributed by atoms with van der Waals surface area (Å²) in [5.74, 6) is 0.00717. The van der Waals surface area contributed by atoms with Crippen LogP contribution in [0.4, 0.5) is 0 Å². The number of esters is 1. The molecule has 0 fully saturated rings. The van der Waals surface area contributed by atoms with Crippen LogP contribution in [-0.4, -0.2) is 35.7 Å². The molecule has 0 atom stereocenters. The van der Waals surface area contributed by atoms with E-state index in [0.717, 1.165) is 5.69 Å². The zero-order chi connectivity index (χ0) is 17.8. The van der Waals surface area contributed by atoms with Gasteiger partial charge in [-0.25, -0.2) is 14.5 Å². The van der Waals surface area contributed by atoms with Crippen molar-refractivity contribution in [2.24, 2.45) is 0 Å². The van der Waals surface area contributed by atoms with Crippen LogP contribution in [0.15, 0.2) is 73.2 Å². The third-order valence-corrected chi connectivity index (χ3v) is 3.56. The first-order valence-electron chi connectivity index (χ1n) is 7.90. The van der Waals surface area contributed by atoms with Gasteiger partial charge in [-0.15, -0.1) is 5.10 Å². The van der Waals surface area contributed by atoms with Crippen LogP contribution in [0.2, 0.25) is 0 Å². The highest BCUT2D eigenvalue weighted by atomic mass is 16.5.